The number of allylic oxidation sites excluding steroid dienone is 1. The van der Waals surface area contributed by atoms with Crippen molar-refractivity contribution < 1.29 is 9.53 Å². The number of ether oxygens (including phenoxy) is 1. The first kappa shape index (κ1) is 12.5. The highest BCUT2D eigenvalue weighted by Gasteiger charge is 2.05. The fraction of sp³-hybridized carbons (Fsp3) is 0.357. The van der Waals surface area contributed by atoms with Crippen molar-refractivity contribution in [2.75, 3.05) is 7.11 Å². The Morgan fingerprint density at radius 2 is 2.00 bits per heavy atom. The second-order valence-electron chi connectivity index (χ2n) is 3.82. The molecule has 16 heavy (non-hydrogen) atoms. The average Bonchev–Trinajstić information content (AvgIpc) is 2.35. The van der Waals surface area contributed by atoms with Gasteiger partial charge in [0.05, 0.1) is 7.11 Å². The van der Waals surface area contributed by atoms with Crippen LogP contribution in [0, 0.1) is 5.92 Å². The molecule has 1 aromatic carbocycles. The molecule has 0 fully saturated rings. The van der Waals surface area contributed by atoms with Gasteiger partial charge in [-0.3, -0.25) is 4.79 Å². The average molecular weight is 218 g/mol. The van der Waals surface area contributed by atoms with Crippen LogP contribution in [-0.4, -0.2) is 12.9 Å². The topological polar surface area (TPSA) is 26.3 Å². The molecule has 0 bridgehead atoms. The number of hydrogen-bond acceptors (Lipinski definition) is 2. The molecule has 0 amide bonds. The summed E-state index contributed by atoms with van der Waals surface area (Å²) in [5.41, 5.74) is 1.01. The van der Waals surface area contributed by atoms with E-state index in [4.69, 9.17) is 4.74 Å². The zero-order chi connectivity index (χ0) is 12.0. The van der Waals surface area contributed by atoms with E-state index in [1.165, 1.54) is 0 Å². The maximum atomic E-state index is 11.6. The standard InChI is InChI=1S/C14H18O2/c1-4-11(2)14(15)10-7-12-5-8-13(16-3)9-6-12/h5-11H,4H2,1-3H3/b10-7+. The van der Waals surface area contributed by atoms with Gasteiger partial charge in [-0.25, -0.2) is 0 Å². The first-order valence-corrected chi connectivity index (χ1v) is 5.53. The van der Waals surface area contributed by atoms with E-state index in [0.29, 0.717) is 0 Å². The lowest BCUT2D eigenvalue weighted by Gasteiger charge is -2.02. The highest BCUT2D eigenvalue weighted by Crippen LogP contribution is 2.13. The molecule has 0 heterocycles. The lowest BCUT2D eigenvalue weighted by atomic mass is 10.0. The number of benzene rings is 1. The van der Waals surface area contributed by atoms with Crippen LogP contribution in [0.2, 0.25) is 0 Å². The summed E-state index contributed by atoms with van der Waals surface area (Å²) in [5, 5.41) is 0. The summed E-state index contributed by atoms with van der Waals surface area (Å²) in [6.07, 6.45) is 4.37. The minimum atomic E-state index is 0.106. The van der Waals surface area contributed by atoms with Crippen molar-refractivity contribution in [1.82, 2.24) is 0 Å². The van der Waals surface area contributed by atoms with Gasteiger partial charge in [-0.05, 0) is 30.2 Å². The molecule has 2 heteroatoms. The predicted molar refractivity (Wildman–Crippen MR) is 66.5 cm³/mol. The van der Waals surface area contributed by atoms with E-state index in [9.17, 15) is 4.79 Å². The van der Waals surface area contributed by atoms with Gasteiger partial charge in [0, 0.05) is 5.92 Å². The molecule has 0 saturated heterocycles. The van der Waals surface area contributed by atoms with Crippen LogP contribution in [0.1, 0.15) is 25.8 Å². The second kappa shape index (κ2) is 6.11. The van der Waals surface area contributed by atoms with Gasteiger partial charge >= 0.3 is 0 Å². The highest BCUT2D eigenvalue weighted by molar-refractivity contribution is 5.95. The number of carbonyl (C=O) groups is 1. The molecule has 1 atom stereocenters. The molecule has 0 aliphatic rings. The van der Waals surface area contributed by atoms with E-state index in [-0.39, 0.29) is 11.7 Å². The normalized spacial score (nSPS) is 12.7. The van der Waals surface area contributed by atoms with Crippen LogP contribution in [0.15, 0.2) is 30.3 Å². The van der Waals surface area contributed by atoms with Gasteiger partial charge in [-0.1, -0.05) is 32.1 Å². The highest BCUT2D eigenvalue weighted by atomic mass is 16.5. The quantitative estimate of drug-likeness (QED) is 0.709. The van der Waals surface area contributed by atoms with E-state index >= 15 is 0 Å². The molecule has 0 radical (unpaired) electrons. The van der Waals surface area contributed by atoms with Crippen LogP contribution in [0.5, 0.6) is 5.75 Å². The van der Waals surface area contributed by atoms with Gasteiger partial charge < -0.3 is 4.74 Å². The molecule has 2 nitrogen and oxygen atoms in total. The zero-order valence-electron chi connectivity index (χ0n) is 10.1. The van der Waals surface area contributed by atoms with Gasteiger partial charge in [-0.15, -0.1) is 0 Å². The Hall–Kier alpha value is -1.57. The number of ketones is 1. The molecule has 0 spiro atoms. The van der Waals surface area contributed by atoms with Crippen LogP contribution in [0.25, 0.3) is 6.08 Å². The molecule has 0 N–H and O–H groups in total. The van der Waals surface area contributed by atoms with Crippen LogP contribution in [0.3, 0.4) is 0 Å². The summed E-state index contributed by atoms with van der Waals surface area (Å²) >= 11 is 0. The van der Waals surface area contributed by atoms with Crippen molar-refractivity contribution in [3.05, 3.63) is 35.9 Å². The Balaban J connectivity index is 2.65. The maximum absolute atomic E-state index is 11.6. The smallest absolute Gasteiger partial charge is 0.158 e. The Morgan fingerprint density at radius 1 is 1.38 bits per heavy atom. The molecular weight excluding hydrogens is 200 g/mol. The van der Waals surface area contributed by atoms with E-state index in [1.54, 1.807) is 13.2 Å². The number of hydrogen-bond donors (Lipinski definition) is 0. The van der Waals surface area contributed by atoms with Crippen molar-refractivity contribution >= 4 is 11.9 Å². The summed E-state index contributed by atoms with van der Waals surface area (Å²) in [7, 11) is 1.64. The van der Waals surface area contributed by atoms with Crippen LogP contribution < -0.4 is 4.74 Å². The number of carbonyl (C=O) groups excluding carboxylic acids is 1. The Morgan fingerprint density at radius 3 is 2.50 bits per heavy atom. The largest absolute Gasteiger partial charge is 0.497 e. The molecular formula is C14H18O2. The van der Waals surface area contributed by atoms with E-state index in [0.717, 1.165) is 17.7 Å². The summed E-state index contributed by atoms with van der Waals surface area (Å²) in [6, 6.07) is 7.62. The van der Waals surface area contributed by atoms with Crippen LogP contribution in [-0.2, 0) is 4.79 Å². The predicted octanol–water partition coefficient (Wildman–Crippen LogP) is 3.32. The minimum absolute atomic E-state index is 0.106. The maximum Gasteiger partial charge on any atom is 0.158 e. The first-order valence-electron chi connectivity index (χ1n) is 5.53. The van der Waals surface area contributed by atoms with E-state index in [1.807, 2.05) is 44.2 Å². The van der Waals surface area contributed by atoms with Gasteiger partial charge in [0.15, 0.2) is 5.78 Å². The van der Waals surface area contributed by atoms with Crippen molar-refractivity contribution in [3.63, 3.8) is 0 Å². The summed E-state index contributed by atoms with van der Waals surface area (Å²) in [4.78, 5) is 11.6. The third kappa shape index (κ3) is 3.54. The minimum Gasteiger partial charge on any atom is -0.497 e. The van der Waals surface area contributed by atoms with Gasteiger partial charge in [0.25, 0.3) is 0 Å². The SMILES string of the molecule is CCC(C)C(=O)/C=C/c1ccc(OC)cc1. The third-order valence-corrected chi connectivity index (χ3v) is 2.65. The summed E-state index contributed by atoms with van der Waals surface area (Å²) < 4.78 is 5.06. The van der Waals surface area contributed by atoms with Gasteiger partial charge in [0.1, 0.15) is 5.75 Å². The third-order valence-electron chi connectivity index (χ3n) is 2.65. The Bertz CT molecular complexity index is 363. The van der Waals surface area contributed by atoms with Crippen molar-refractivity contribution in [2.45, 2.75) is 20.3 Å². The molecule has 86 valence electrons. The Labute approximate surface area is 96.9 Å². The Kier molecular flexibility index (Phi) is 4.77. The second-order valence-corrected chi connectivity index (χ2v) is 3.82. The molecule has 1 aromatic rings. The monoisotopic (exact) mass is 218 g/mol. The van der Waals surface area contributed by atoms with Crippen molar-refractivity contribution in [1.29, 1.82) is 0 Å². The fourth-order valence-corrected chi connectivity index (χ4v) is 1.26. The molecule has 1 unspecified atom stereocenters. The molecule has 0 aromatic heterocycles. The van der Waals surface area contributed by atoms with Crippen LogP contribution in [0.4, 0.5) is 0 Å². The molecule has 0 aliphatic carbocycles. The zero-order valence-corrected chi connectivity index (χ0v) is 10.1. The molecule has 1 rings (SSSR count). The number of methoxy groups -OCH3 is 1. The van der Waals surface area contributed by atoms with Gasteiger partial charge in [-0.2, -0.15) is 0 Å². The van der Waals surface area contributed by atoms with Crippen molar-refractivity contribution in [3.8, 4) is 5.75 Å². The van der Waals surface area contributed by atoms with E-state index < -0.39 is 0 Å². The first-order chi connectivity index (χ1) is 7.67. The lowest BCUT2D eigenvalue weighted by Crippen LogP contribution is -2.05. The van der Waals surface area contributed by atoms with Crippen molar-refractivity contribution in [2.24, 2.45) is 5.92 Å². The van der Waals surface area contributed by atoms with E-state index in [2.05, 4.69) is 0 Å². The molecule has 0 aliphatic heterocycles. The van der Waals surface area contributed by atoms with Gasteiger partial charge in [0.2, 0.25) is 0 Å². The molecule has 0 saturated carbocycles. The number of rotatable bonds is 5. The fourth-order valence-electron chi connectivity index (χ4n) is 1.26. The van der Waals surface area contributed by atoms with Crippen LogP contribution >= 0.6 is 0 Å². The summed E-state index contributed by atoms with van der Waals surface area (Å²) in [5.74, 6) is 1.11. The lowest BCUT2D eigenvalue weighted by molar-refractivity contribution is -0.117. The summed E-state index contributed by atoms with van der Waals surface area (Å²) in [6.45, 7) is 3.96.